The summed E-state index contributed by atoms with van der Waals surface area (Å²) < 4.78 is 9.33. The SMILES string of the molecule is N#Cc1c(C#N)c2cc(-n3c4ccccc4c4cc5c6ccccc6n(-c6ccccc6)c5cc43)ccc2c2ccc(-n3c4ccccc4c4cc5c6ccccc6n(-c6ccccc6)c5cc43)cc12. The van der Waals surface area contributed by atoms with Gasteiger partial charge in [-0.15, -0.1) is 0 Å². The van der Waals surface area contributed by atoms with Crippen LogP contribution in [0.4, 0.5) is 0 Å². The first-order valence-electron chi connectivity index (χ1n) is 23.5. The number of fused-ring (bicyclic) bond motifs is 15. The Morgan fingerprint density at radius 2 is 0.514 bits per heavy atom. The van der Waals surface area contributed by atoms with Gasteiger partial charge >= 0.3 is 0 Å². The van der Waals surface area contributed by atoms with Crippen LogP contribution in [0.2, 0.25) is 0 Å². The fourth-order valence-electron chi connectivity index (χ4n) is 11.9. The Morgan fingerprint density at radius 1 is 0.214 bits per heavy atom. The van der Waals surface area contributed by atoms with Crippen LogP contribution in [-0.2, 0) is 0 Å². The Labute approximate surface area is 400 Å². The van der Waals surface area contributed by atoms with E-state index in [-0.39, 0.29) is 0 Å². The summed E-state index contributed by atoms with van der Waals surface area (Å²) in [7, 11) is 0. The highest BCUT2D eigenvalue weighted by molar-refractivity contribution is 6.22. The molecule has 4 aromatic heterocycles. The van der Waals surface area contributed by atoms with Gasteiger partial charge in [0.05, 0.1) is 55.3 Å². The maximum atomic E-state index is 11.1. The summed E-state index contributed by atoms with van der Waals surface area (Å²) in [5.41, 5.74) is 13.6. The molecule has 0 aliphatic carbocycles. The van der Waals surface area contributed by atoms with Crippen molar-refractivity contribution in [2.45, 2.75) is 0 Å². The third-order valence-electron chi connectivity index (χ3n) is 14.8. The summed E-state index contributed by atoms with van der Waals surface area (Å²) in [4.78, 5) is 0. The van der Waals surface area contributed by atoms with Crippen LogP contribution in [0.25, 0.3) is 132 Å². The summed E-state index contributed by atoms with van der Waals surface area (Å²) in [6.45, 7) is 0. The molecule has 6 nitrogen and oxygen atoms in total. The van der Waals surface area contributed by atoms with Gasteiger partial charge in [0, 0.05) is 76.6 Å². The summed E-state index contributed by atoms with van der Waals surface area (Å²) >= 11 is 0. The van der Waals surface area contributed by atoms with E-state index >= 15 is 0 Å². The molecular weight excluding hydrogens is 853 g/mol. The lowest BCUT2D eigenvalue weighted by Crippen LogP contribution is -1.99. The maximum absolute atomic E-state index is 11.1. The summed E-state index contributed by atoms with van der Waals surface area (Å²) in [5, 5.41) is 34.9. The topological polar surface area (TPSA) is 67.3 Å². The fraction of sp³-hybridized carbons (Fsp3) is 0. The number of hydrogen-bond acceptors (Lipinski definition) is 2. The molecule has 0 amide bonds. The number of aromatic nitrogens is 4. The second-order valence-corrected chi connectivity index (χ2v) is 18.3. The van der Waals surface area contributed by atoms with E-state index in [2.05, 4.69) is 249 Å². The highest BCUT2D eigenvalue weighted by atomic mass is 15.0. The van der Waals surface area contributed by atoms with Gasteiger partial charge in [-0.05, 0) is 108 Å². The third-order valence-corrected chi connectivity index (χ3v) is 14.8. The number of hydrogen-bond donors (Lipinski definition) is 0. The van der Waals surface area contributed by atoms with Crippen molar-refractivity contribution in [2.24, 2.45) is 0 Å². The maximum Gasteiger partial charge on any atom is 0.101 e. The minimum absolute atomic E-state index is 0.368. The predicted molar refractivity (Wildman–Crippen MR) is 288 cm³/mol. The monoisotopic (exact) mass is 888 g/mol. The quantitative estimate of drug-likeness (QED) is 0.165. The first-order valence-corrected chi connectivity index (χ1v) is 23.5. The van der Waals surface area contributed by atoms with Crippen LogP contribution in [0.3, 0.4) is 0 Å². The Balaban J connectivity index is 0.963. The van der Waals surface area contributed by atoms with Gasteiger partial charge in [0.15, 0.2) is 0 Å². The number of nitriles is 2. The van der Waals surface area contributed by atoms with Gasteiger partial charge in [0.25, 0.3) is 0 Å². The van der Waals surface area contributed by atoms with Gasteiger partial charge in [0.1, 0.15) is 12.1 Å². The molecule has 0 aliphatic rings. The standard InChI is InChI=1S/C64H36N6/c65-37-55-49-31-41(69-59-25-13-9-21-47(59)53-33-51-45-19-7-11-23-57(45)67(61(51)35-63(53)69)39-15-3-1-4-16-39)27-29-43(49)44-30-28-42(32-50(44)56(55)38-66)70-60-26-14-10-22-48(60)54-34-52-46-20-8-12-24-58(46)68(62(52)36-64(54)70)40-17-5-2-6-18-40/h1-36H. The van der Waals surface area contributed by atoms with E-state index in [1.807, 2.05) is 0 Å². The molecule has 0 saturated carbocycles. The first kappa shape index (κ1) is 38.2. The molecule has 6 heteroatoms. The van der Waals surface area contributed by atoms with Gasteiger partial charge < -0.3 is 18.3 Å². The van der Waals surface area contributed by atoms with Crippen LogP contribution in [0.15, 0.2) is 218 Å². The van der Waals surface area contributed by atoms with E-state index in [1.165, 1.54) is 21.5 Å². The molecule has 0 unspecified atom stereocenters. The second kappa shape index (κ2) is 14.3. The van der Waals surface area contributed by atoms with Crippen LogP contribution in [0.5, 0.6) is 0 Å². The van der Waals surface area contributed by atoms with Crippen LogP contribution >= 0.6 is 0 Å². The van der Waals surface area contributed by atoms with Gasteiger partial charge in [-0.1, -0.05) is 121 Å². The molecule has 0 saturated heterocycles. The van der Waals surface area contributed by atoms with Crippen molar-refractivity contribution >= 4 is 109 Å². The first-order chi connectivity index (χ1) is 34.7. The molecule has 15 rings (SSSR count). The van der Waals surface area contributed by atoms with Gasteiger partial charge in [-0.25, -0.2) is 0 Å². The number of para-hydroxylation sites is 6. The minimum atomic E-state index is 0.368. The lowest BCUT2D eigenvalue weighted by molar-refractivity contribution is 1.17. The van der Waals surface area contributed by atoms with Crippen molar-refractivity contribution < 1.29 is 0 Å². The normalized spacial score (nSPS) is 12.0. The number of rotatable bonds is 4. The number of benzene rings is 11. The van der Waals surface area contributed by atoms with E-state index in [0.717, 1.165) is 110 Å². The summed E-state index contributed by atoms with van der Waals surface area (Å²) in [6, 6.07) is 82.6. The Kier molecular flexibility index (Phi) is 7.82. The van der Waals surface area contributed by atoms with Crippen molar-refractivity contribution in [3.63, 3.8) is 0 Å². The molecule has 322 valence electrons. The average Bonchev–Trinajstić information content (AvgIpc) is 4.14. The molecule has 0 aliphatic heterocycles. The van der Waals surface area contributed by atoms with Crippen molar-refractivity contribution in [2.75, 3.05) is 0 Å². The highest BCUT2D eigenvalue weighted by Gasteiger charge is 2.23. The van der Waals surface area contributed by atoms with Crippen LogP contribution < -0.4 is 0 Å². The summed E-state index contributed by atoms with van der Waals surface area (Å²) in [6.07, 6.45) is 0. The molecule has 0 atom stereocenters. The predicted octanol–water partition coefficient (Wildman–Crippen LogP) is 16.1. The average molecular weight is 889 g/mol. The molecule has 15 aromatic rings. The van der Waals surface area contributed by atoms with Gasteiger partial charge in [-0.2, -0.15) is 10.5 Å². The van der Waals surface area contributed by atoms with E-state index in [0.29, 0.717) is 11.1 Å². The van der Waals surface area contributed by atoms with E-state index in [4.69, 9.17) is 0 Å². The van der Waals surface area contributed by atoms with Crippen molar-refractivity contribution in [3.8, 4) is 34.9 Å². The van der Waals surface area contributed by atoms with Crippen molar-refractivity contribution in [1.29, 1.82) is 10.5 Å². The Bertz CT molecular complexity index is 4530. The van der Waals surface area contributed by atoms with Crippen molar-refractivity contribution in [1.82, 2.24) is 18.3 Å². The number of nitrogens with zero attached hydrogens (tertiary/aromatic N) is 6. The minimum Gasteiger partial charge on any atom is -0.309 e. The van der Waals surface area contributed by atoms with E-state index < -0.39 is 0 Å². The molecule has 0 radical (unpaired) electrons. The van der Waals surface area contributed by atoms with Crippen molar-refractivity contribution in [3.05, 3.63) is 230 Å². The molecule has 11 aromatic carbocycles. The molecule has 0 N–H and O–H groups in total. The van der Waals surface area contributed by atoms with Gasteiger partial charge in [0.2, 0.25) is 0 Å². The zero-order valence-corrected chi connectivity index (χ0v) is 37.5. The second-order valence-electron chi connectivity index (χ2n) is 18.3. The van der Waals surface area contributed by atoms with E-state index in [9.17, 15) is 10.5 Å². The molecule has 0 bridgehead atoms. The Morgan fingerprint density at radius 3 is 0.843 bits per heavy atom. The zero-order chi connectivity index (χ0) is 46.2. The fourth-order valence-corrected chi connectivity index (χ4v) is 11.9. The molecular formula is C64H36N6. The lowest BCUT2D eigenvalue weighted by atomic mass is 9.92. The molecule has 4 heterocycles. The van der Waals surface area contributed by atoms with Crippen LogP contribution in [-0.4, -0.2) is 18.3 Å². The molecule has 0 spiro atoms. The third kappa shape index (κ3) is 5.14. The highest BCUT2D eigenvalue weighted by Crippen LogP contribution is 2.44. The molecule has 0 fully saturated rings. The summed E-state index contributed by atoms with van der Waals surface area (Å²) in [5.74, 6) is 0. The lowest BCUT2D eigenvalue weighted by Gasteiger charge is -2.15. The van der Waals surface area contributed by atoms with Gasteiger partial charge in [-0.3, -0.25) is 0 Å². The smallest absolute Gasteiger partial charge is 0.101 e. The zero-order valence-electron chi connectivity index (χ0n) is 37.5. The van der Waals surface area contributed by atoms with Crippen LogP contribution in [0, 0.1) is 22.7 Å². The molecule has 70 heavy (non-hydrogen) atoms. The largest absolute Gasteiger partial charge is 0.309 e. The van der Waals surface area contributed by atoms with Crippen LogP contribution in [0.1, 0.15) is 11.1 Å². The van der Waals surface area contributed by atoms with E-state index in [1.54, 1.807) is 0 Å². The Hall–Kier alpha value is -9.88.